The number of carbonyl (C=O) groups excluding carboxylic acids is 1. The number of likely N-dealkylation sites (tertiary alicyclic amines) is 1. The molecule has 108 valence electrons. The van der Waals surface area contributed by atoms with E-state index in [1.165, 1.54) is 12.8 Å². The first kappa shape index (κ1) is 13.7. The maximum absolute atomic E-state index is 12.2. The van der Waals surface area contributed by atoms with Gasteiger partial charge in [-0.25, -0.2) is 0 Å². The third-order valence-electron chi connectivity index (χ3n) is 4.06. The first-order valence-electron chi connectivity index (χ1n) is 7.13. The molecule has 0 spiro atoms. The van der Waals surface area contributed by atoms with Gasteiger partial charge < -0.3 is 15.0 Å². The van der Waals surface area contributed by atoms with Crippen molar-refractivity contribution in [2.45, 2.75) is 31.3 Å². The third-order valence-corrected chi connectivity index (χ3v) is 4.38. The van der Waals surface area contributed by atoms with Crippen LogP contribution in [0.2, 0.25) is 5.02 Å². The Hall–Kier alpha value is -1.26. The van der Waals surface area contributed by atoms with Gasteiger partial charge in [0.15, 0.2) is 6.61 Å². The summed E-state index contributed by atoms with van der Waals surface area (Å²) in [5.74, 6) is 0.608. The van der Waals surface area contributed by atoms with Crippen molar-refractivity contribution in [3.63, 3.8) is 0 Å². The van der Waals surface area contributed by atoms with Gasteiger partial charge in [0.25, 0.3) is 5.91 Å². The van der Waals surface area contributed by atoms with Gasteiger partial charge in [0.1, 0.15) is 5.75 Å². The average molecular weight is 295 g/mol. The normalized spacial score (nSPS) is 25.4. The Morgan fingerprint density at radius 2 is 2.10 bits per heavy atom. The zero-order valence-electron chi connectivity index (χ0n) is 11.3. The van der Waals surface area contributed by atoms with E-state index in [1.54, 1.807) is 12.1 Å². The molecule has 1 amide bonds. The molecule has 3 rings (SSSR count). The Balaban J connectivity index is 1.55. The van der Waals surface area contributed by atoms with E-state index >= 15 is 0 Å². The van der Waals surface area contributed by atoms with Crippen LogP contribution in [-0.2, 0) is 4.79 Å². The molecule has 2 unspecified atom stereocenters. The lowest BCUT2D eigenvalue weighted by molar-refractivity contribution is -0.133. The predicted octanol–water partition coefficient (Wildman–Crippen LogP) is 2.07. The second-order valence-corrected chi connectivity index (χ2v) is 5.89. The highest BCUT2D eigenvalue weighted by Crippen LogP contribution is 2.24. The van der Waals surface area contributed by atoms with E-state index in [1.807, 2.05) is 17.0 Å². The quantitative estimate of drug-likeness (QED) is 0.928. The molecule has 2 bridgehead atoms. The summed E-state index contributed by atoms with van der Waals surface area (Å²) in [5, 5.41) is 4.10. The number of para-hydroxylation sites is 1. The predicted molar refractivity (Wildman–Crippen MR) is 78.1 cm³/mol. The van der Waals surface area contributed by atoms with Gasteiger partial charge in [0.05, 0.1) is 5.02 Å². The first-order valence-corrected chi connectivity index (χ1v) is 7.51. The van der Waals surface area contributed by atoms with Crippen molar-refractivity contribution in [3.05, 3.63) is 29.3 Å². The molecule has 2 fully saturated rings. The number of amides is 1. The number of nitrogens with zero attached hydrogens (tertiary/aromatic N) is 1. The van der Waals surface area contributed by atoms with Crippen LogP contribution in [0.4, 0.5) is 0 Å². The minimum absolute atomic E-state index is 0.0410. The van der Waals surface area contributed by atoms with Crippen LogP contribution in [0.15, 0.2) is 24.3 Å². The number of hydrogen-bond acceptors (Lipinski definition) is 3. The molecule has 2 aliphatic rings. The fraction of sp³-hybridized carbons (Fsp3) is 0.533. The lowest BCUT2D eigenvalue weighted by Gasteiger charge is -2.24. The summed E-state index contributed by atoms with van der Waals surface area (Å²) in [6.07, 6.45) is 3.44. The van der Waals surface area contributed by atoms with Crippen LogP contribution in [0.5, 0.6) is 5.75 Å². The minimum atomic E-state index is 0.0410. The van der Waals surface area contributed by atoms with E-state index in [9.17, 15) is 4.79 Å². The molecule has 2 saturated heterocycles. The molecule has 0 aliphatic carbocycles. The van der Waals surface area contributed by atoms with Gasteiger partial charge in [-0.05, 0) is 31.4 Å². The second kappa shape index (κ2) is 6.02. The summed E-state index contributed by atoms with van der Waals surface area (Å²) in [4.78, 5) is 14.2. The van der Waals surface area contributed by atoms with Crippen molar-refractivity contribution in [2.75, 3.05) is 19.7 Å². The van der Waals surface area contributed by atoms with Gasteiger partial charge in [-0.15, -0.1) is 0 Å². The molecule has 2 aliphatic heterocycles. The average Bonchev–Trinajstić information content (AvgIpc) is 2.77. The van der Waals surface area contributed by atoms with Gasteiger partial charge in [-0.1, -0.05) is 23.7 Å². The van der Waals surface area contributed by atoms with Crippen LogP contribution in [-0.4, -0.2) is 42.6 Å². The number of ether oxygens (including phenoxy) is 1. The smallest absolute Gasteiger partial charge is 0.260 e. The number of carbonyl (C=O) groups is 1. The van der Waals surface area contributed by atoms with Crippen LogP contribution >= 0.6 is 11.6 Å². The molecule has 0 saturated carbocycles. The molecule has 1 aromatic rings. The Bertz CT molecular complexity index is 495. The Labute approximate surface area is 124 Å². The van der Waals surface area contributed by atoms with Gasteiger partial charge in [0, 0.05) is 25.2 Å². The molecule has 4 nitrogen and oxygen atoms in total. The molecule has 5 heteroatoms. The first-order chi connectivity index (χ1) is 9.72. The molecule has 2 heterocycles. The van der Waals surface area contributed by atoms with Crippen molar-refractivity contribution in [3.8, 4) is 5.75 Å². The van der Waals surface area contributed by atoms with Crippen LogP contribution in [0, 0.1) is 0 Å². The monoisotopic (exact) mass is 294 g/mol. The molecular weight excluding hydrogens is 276 g/mol. The van der Waals surface area contributed by atoms with Gasteiger partial charge in [0.2, 0.25) is 0 Å². The van der Waals surface area contributed by atoms with Crippen LogP contribution in [0.3, 0.4) is 0 Å². The van der Waals surface area contributed by atoms with E-state index < -0.39 is 0 Å². The lowest BCUT2D eigenvalue weighted by Crippen LogP contribution is -2.41. The topological polar surface area (TPSA) is 41.6 Å². The van der Waals surface area contributed by atoms with Gasteiger partial charge >= 0.3 is 0 Å². The van der Waals surface area contributed by atoms with E-state index in [4.69, 9.17) is 16.3 Å². The van der Waals surface area contributed by atoms with E-state index in [0.717, 1.165) is 19.5 Å². The van der Waals surface area contributed by atoms with E-state index in [0.29, 0.717) is 22.9 Å². The highest BCUT2D eigenvalue weighted by molar-refractivity contribution is 6.32. The highest BCUT2D eigenvalue weighted by atomic mass is 35.5. The fourth-order valence-corrected chi connectivity index (χ4v) is 3.15. The molecule has 20 heavy (non-hydrogen) atoms. The van der Waals surface area contributed by atoms with Crippen molar-refractivity contribution in [2.24, 2.45) is 0 Å². The second-order valence-electron chi connectivity index (χ2n) is 5.49. The SMILES string of the molecule is O=C(COc1ccccc1Cl)N1CCC2CCC(C1)N2. The van der Waals surface area contributed by atoms with E-state index in [-0.39, 0.29) is 12.5 Å². The maximum atomic E-state index is 12.2. The minimum Gasteiger partial charge on any atom is -0.482 e. The summed E-state index contributed by atoms with van der Waals surface area (Å²) in [7, 11) is 0. The largest absolute Gasteiger partial charge is 0.482 e. The number of nitrogens with one attached hydrogen (secondary N) is 1. The zero-order valence-corrected chi connectivity index (χ0v) is 12.1. The van der Waals surface area contributed by atoms with Crippen molar-refractivity contribution >= 4 is 17.5 Å². The van der Waals surface area contributed by atoms with Gasteiger partial charge in [-0.3, -0.25) is 4.79 Å². The Kier molecular flexibility index (Phi) is 4.13. The fourth-order valence-electron chi connectivity index (χ4n) is 2.96. The van der Waals surface area contributed by atoms with Crippen molar-refractivity contribution in [1.82, 2.24) is 10.2 Å². The summed E-state index contributed by atoms with van der Waals surface area (Å²) >= 11 is 6.01. The molecule has 1 aromatic carbocycles. The summed E-state index contributed by atoms with van der Waals surface area (Å²) in [6.45, 7) is 1.67. The van der Waals surface area contributed by atoms with Crippen LogP contribution in [0.25, 0.3) is 0 Å². The highest BCUT2D eigenvalue weighted by Gasteiger charge is 2.31. The zero-order chi connectivity index (χ0) is 13.9. The number of fused-ring (bicyclic) bond motifs is 2. The van der Waals surface area contributed by atoms with Crippen LogP contribution < -0.4 is 10.1 Å². The molecular formula is C15H19ClN2O2. The van der Waals surface area contributed by atoms with Gasteiger partial charge in [-0.2, -0.15) is 0 Å². The van der Waals surface area contributed by atoms with Crippen molar-refractivity contribution < 1.29 is 9.53 Å². The van der Waals surface area contributed by atoms with Crippen LogP contribution in [0.1, 0.15) is 19.3 Å². The van der Waals surface area contributed by atoms with Crippen molar-refractivity contribution in [1.29, 1.82) is 0 Å². The Morgan fingerprint density at radius 3 is 2.95 bits per heavy atom. The summed E-state index contributed by atoms with van der Waals surface area (Å²) < 4.78 is 5.53. The third kappa shape index (κ3) is 3.07. The number of hydrogen-bond donors (Lipinski definition) is 1. The molecule has 1 N–H and O–H groups in total. The van der Waals surface area contributed by atoms with E-state index in [2.05, 4.69) is 5.32 Å². The molecule has 0 radical (unpaired) electrons. The molecule has 2 atom stereocenters. The summed E-state index contributed by atoms with van der Waals surface area (Å²) in [6, 6.07) is 8.26. The number of halogens is 1. The standard InChI is InChI=1S/C15H19ClN2O2/c16-13-3-1-2-4-14(13)20-10-15(19)18-8-7-11-5-6-12(9-18)17-11/h1-4,11-12,17H,5-10H2. The maximum Gasteiger partial charge on any atom is 0.260 e. The number of rotatable bonds is 3. The Morgan fingerprint density at radius 1 is 1.30 bits per heavy atom. The summed E-state index contributed by atoms with van der Waals surface area (Å²) in [5.41, 5.74) is 0. The molecule has 0 aromatic heterocycles. The lowest BCUT2D eigenvalue weighted by atomic mass is 10.1. The number of benzene rings is 1.